The van der Waals surface area contributed by atoms with Crippen molar-refractivity contribution in [2.75, 3.05) is 24.4 Å². The number of anilines is 1. The molecule has 0 saturated heterocycles. The van der Waals surface area contributed by atoms with Crippen LogP contribution in [0.1, 0.15) is 25.2 Å². The van der Waals surface area contributed by atoms with E-state index in [-0.39, 0.29) is 11.4 Å². The third-order valence-corrected chi connectivity index (χ3v) is 4.50. The average molecular weight is 382 g/mol. The van der Waals surface area contributed by atoms with Gasteiger partial charge in [-0.25, -0.2) is 29.0 Å². The Balaban J connectivity index is 1.89. The van der Waals surface area contributed by atoms with E-state index in [1.807, 2.05) is 6.92 Å². The SMILES string of the molecule is CCC(Nc1ncnc2[nH]cnc12)c1nc2cccc(F)c2c(=O)n1N(C)C. The molecule has 4 aromatic rings. The molecule has 2 N–H and O–H groups in total. The second kappa shape index (κ2) is 6.87. The van der Waals surface area contributed by atoms with Gasteiger partial charge >= 0.3 is 0 Å². The normalized spacial score (nSPS) is 12.4. The predicted octanol–water partition coefficient (Wildman–Crippen LogP) is 1.96. The summed E-state index contributed by atoms with van der Waals surface area (Å²) in [4.78, 5) is 33.2. The lowest BCUT2D eigenvalue weighted by molar-refractivity contribution is 0.574. The van der Waals surface area contributed by atoms with Crippen molar-refractivity contribution in [1.82, 2.24) is 29.6 Å². The molecule has 0 aliphatic carbocycles. The highest BCUT2D eigenvalue weighted by Crippen LogP contribution is 2.24. The predicted molar refractivity (Wildman–Crippen MR) is 104 cm³/mol. The number of hydrogen-bond acceptors (Lipinski definition) is 7. The summed E-state index contributed by atoms with van der Waals surface area (Å²) < 4.78 is 15.6. The fraction of sp³-hybridized carbons (Fsp3) is 0.278. The molecule has 0 spiro atoms. The molecule has 10 heteroatoms. The van der Waals surface area contributed by atoms with Crippen molar-refractivity contribution in [3.8, 4) is 0 Å². The maximum Gasteiger partial charge on any atom is 0.283 e. The quantitative estimate of drug-likeness (QED) is 0.544. The number of nitrogens with zero attached hydrogens (tertiary/aromatic N) is 6. The van der Waals surface area contributed by atoms with E-state index in [0.29, 0.717) is 34.7 Å². The number of aromatic nitrogens is 6. The summed E-state index contributed by atoms with van der Waals surface area (Å²) in [6.07, 6.45) is 3.58. The second-order valence-corrected chi connectivity index (χ2v) is 6.50. The highest BCUT2D eigenvalue weighted by atomic mass is 19.1. The van der Waals surface area contributed by atoms with Crippen LogP contribution in [0.2, 0.25) is 0 Å². The monoisotopic (exact) mass is 382 g/mol. The van der Waals surface area contributed by atoms with E-state index in [1.165, 1.54) is 23.4 Å². The number of aromatic amines is 1. The molecule has 0 saturated carbocycles. The highest BCUT2D eigenvalue weighted by Gasteiger charge is 2.23. The van der Waals surface area contributed by atoms with Crippen LogP contribution in [-0.4, -0.2) is 43.7 Å². The first-order valence-corrected chi connectivity index (χ1v) is 8.80. The smallest absolute Gasteiger partial charge is 0.283 e. The molecule has 1 unspecified atom stereocenters. The van der Waals surface area contributed by atoms with E-state index < -0.39 is 11.4 Å². The van der Waals surface area contributed by atoms with Crippen LogP contribution in [0, 0.1) is 5.82 Å². The number of H-pyrrole nitrogens is 1. The minimum atomic E-state index is -0.591. The number of benzene rings is 1. The molecule has 0 bridgehead atoms. The van der Waals surface area contributed by atoms with E-state index >= 15 is 0 Å². The summed E-state index contributed by atoms with van der Waals surface area (Å²) in [5.41, 5.74) is 1.04. The molecule has 1 aromatic carbocycles. The fourth-order valence-electron chi connectivity index (χ4n) is 3.19. The van der Waals surface area contributed by atoms with E-state index in [2.05, 4.69) is 30.2 Å². The van der Waals surface area contributed by atoms with Crippen molar-refractivity contribution in [3.05, 3.63) is 52.8 Å². The Labute approximate surface area is 159 Å². The van der Waals surface area contributed by atoms with Gasteiger partial charge in [0.25, 0.3) is 5.56 Å². The Kier molecular flexibility index (Phi) is 4.38. The van der Waals surface area contributed by atoms with Crippen LogP contribution in [0.3, 0.4) is 0 Å². The van der Waals surface area contributed by atoms with Crippen LogP contribution in [0.25, 0.3) is 22.1 Å². The molecule has 144 valence electrons. The first kappa shape index (κ1) is 17.8. The second-order valence-electron chi connectivity index (χ2n) is 6.50. The van der Waals surface area contributed by atoms with E-state index in [1.54, 1.807) is 31.2 Å². The van der Waals surface area contributed by atoms with Crippen molar-refractivity contribution in [1.29, 1.82) is 0 Å². The van der Waals surface area contributed by atoms with Gasteiger partial charge in [0.2, 0.25) is 0 Å². The number of nitrogens with one attached hydrogen (secondary N) is 2. The molecule has 28 heavy (non-hydrogen) atoms. The number of halogens is 1. The Hall–Kier alpha value is -3.56. The van der Waals surface area contributed by atoms with E-state index in [4.69, 9.17) is 0 Å². The van der Waals surface area contributed by atoms with Gasteiger partial charge in [0.05, 0.1) is 17.9 Å². The summed E-state index contributed by atoms with van der Waals surface area (Å²) in [5, 5.41) is 4.85. The zero-order valence-electron chi connectivity index (χ0n) is 15.6. The summed E-state index contributed by atoms with van der Waals surface area (Å²) >= 11 is 0. The molecule has 0 radical (unpaired) electrons. The van der Waals surface area contributed by atoms with Gasteiger partial charge in [0.1, 0.15) is 23.0 Å². The van der Waals surface area contributed by atoms with E-state index in [9.17, 15) is 9.18 Å². The molecule has 3 heterocycles. The van der Waals surface area contributed by atoms with Gasteiger partial charge < -0.3 is 15.3 Å². The fourth-order valence-corrected chi connectivity index (χ4v) is 3.19. The third kappa shape index (κ3) is 2.82. The summed E-state index contributed by atoms with van der Waals surface area (Å²) in [6, 6.07) is 4.07. The van der Waals surface area contributed by atoms with Crippen LogP contribution >= 0.6 is 0 Å². The van der Waals surface area contributed by atoms with Gasteiger partial charge in [-0.05, 0) is 18.6 Å². The topological polar surface area (TPSA) is 105 Å². The molecular formula is C18H19FN8O. The van der Waals surface area contributed by atoms with Crippen LogP contribution in [0.4, 0.5) is 10.2 Å². The number of hydrogen-bond donors (Lipinski definition) is 2. The first-order chi connectivity index (χ1) is 13.5. The van der Waals surface area contributed by atoms with Gasteiger partial charge in [-0.1, -0.05) is 13.0 Å². The summed E-state index contributed by atoms with van der Waals surface area (Å²) in [6.45, 7) is 1.96. The van der Waals surface area contributed by atoms with Crippen molar-refractivity contribution < 1.29 is 4.39 Å². The van der Waals surface area contributed by atoms with E-state index in [0.717, 1.165) is 0 Å². The van der Waals surface area contributed by atoms with Crippen LogP contribution in [-0.2, 0) is 0 Å². The molecule has 3 aromatic heterocycles. The molecule has 0 aliphatic heterocycles. The summed E-state index contributed by atoms with van der Waals surface area (Å²) in [5.74, 6) is 0.391. The number of fused-ring (bicyclic) bond motifs is 2. The van der Waals surface area contributed by atoms with Gasteiger partial charge in [-0.15, -0.1) is 0 Å². The molecule has 0 fully saturated rings. The average Bonchev–Trinajstić information content (AvgIpc) is 3.15. The lowest BCUT2D eigenvalue weighted by Crippen LogP contribution is -2.41. The van der Waals surface area contributed by atoms with Crippen molar-refractivity contribution >= 4 is 27.9 Å². The standard InChI is InChI=1S/C18H19FN8O/c1-4-11(24-16-14-15(21-8-20-14)22-9-23-16)17-25-12-7-5-6-10(19)13(12)18(28)27(17)26(2)3/h5-9,11H,4H2,1-3H3,(H2,20,21,22,23,24). The Morgan fingerprint density at radius 3 is 2.86 bits per heavy atom. The van der Waals surface area contributed by atoms with Crippen molar-refractivity contribution in [3.63, 3.8) is 0 Å². The first-order valence-electron chi connectivity index (χ1n) is 8.80. The minimum absolute atomic E-state index is 0.0356. The number of imidazole rings is 1. The van der Waals surface area contributed by atoms with Crippen LogP contribution in [0.15, 0.2) is 35.6 Å². The number of rotatable bonds is 5. The molecule has 0 amide bonds. The van der Waals surface area contributed by atoms with Crippen LogP contribution < -0.4 is 15.9 Å². The maximum absolute atomic E-state index is 14.3. The Morgan fingerprint density at radius 1 is 1.29 bits per heavy atom. The maximum atomic E-state index is 14.3. The minimum Gasteiger partial charge on any atom is -0.358 e. The Morgan fingerprint density at radius 2 is 2.11 bits per heavy atom. The van der Waals surface area contributed by atoms with Crippen molar-refractivity contribution in [2.24, 2.45) is 0 Å². The molecule has 0 aliphatic rings. The Bertz CT molecular complexity index is 1220. The zero-order valence-corrected chi connectivity index (χ0v) is 15.6. The largest absolute Gasteiger partial charge is 0.358 e. The van der Waals surface area contributed by atoms with Gasteiger partial charge in [-0.3, -0.25) is 4.79 Å². The summed E-state index contributed by atoms with van der Waals surface area (Å²) in [7, 11) is 3.42. The third-order valence-electron chi connectivity index (χ3n) is 4.50. The molecular weight excluding hydrogens is 363 g/mol. The lowest BCUT2D eigenvalue weighted by Gasteiger charge is -2.25. The molecule has 4 rings (SSSR count). The highest BCUT2D eigenvalue weighted by molar-refractivity contribution is 5.82. The van der Waals surface area contributed by atoms with Gasteiger partial charge in [0, 0.05) is 14.1 Å². The lowest BCUT2D eigenvalue weighted by atomic mass is 10.1. The van der Waals surface area contributed by atoms with Gasteiger partial charge in [0.15, 0.2) is 17.3 Å². The molecule has 9 nitrogen and oxygen atoms in total. The van der Waals surface area contributed by atoms with Crippen LogP contribution in [0.5, 0.6) is 0 Å². The van der Waals surface area contributed by atoms with Crippen molar-refractivity contribution in [2.45, 2.75) is 19.4 Å². The molecule has 1 atom stereocenters. The van der Waals surface area contributed by atoms with Gasteiger partial charge in [-0.2, -0.15) is 0 Å². The zero-order chi connectivity index (χ0) is 19.8.